The molecule has 4 rings (SSSR count). The van der Waals surface area contributed by atoms with Gasteiger partial charge in [0.05, 0.1) is 0 Å². The van der Waals surface area contributed by atoms with Gasteiger partial charge in [-0.25, -0.2) is 4.39 Å². The van der Waals surface area contributed by atoms with Gasteiger partial charge in [0.15, 0.2) is 0 Å². The minimum absolute atomic E-state index is 0.176. The molecule has 0 saturated carbocycles. The van der Waals surface area contributed by atoms with Crippen LogP contribution < -0.4 is 0 Å². The number of hydrogen-bond donors (Lipinski definition) is 0. The Morgan fingerprint density at radius 1 is 0.773 bits per heavy atom. The summed E-state index contributed by atoms with van der Waals surface area (Å²) in [6, 6.07) is 22.1. The summed E-state index contributed by atoms with van der Waals surface area (Å²) >= 11 is 0. The van der Waals surface area contributed by atoms with E-state index >= 15 is 0 Å². The fourth-order valence-corrected chi connectivity index (χ4v) is 3.71. The van der Waals surface area contributed by atoms with Crippen LogP contribution in [0.5, 0.6) is 0 Å². The van der Waals surface area contributed by atoms with E-state index in [1.807, 2.05) is 24.3 Å². The second-order valence-electron chi connectivity index (χ2n) is 6.23. The Kier molecular flexibility index (Phi) is 2.74. The van der Waals surface area contributed by atoms with Gasteiger partial charge in [-0.1, -0.05) is 60.2 Å². The highest BCUT2D eigenvalue weighted by Gasteiger charge is 2.40. The number of fused-ring (bicyclic) bond motifs is 3. The minimum Gasteiger partial charge on any atom is -0.207 e. The first-order valence-corrected chi connectivity index (χ1v) is 7.58. The summed E-state index contributed by atoms with van der Waals surface area (Å²) in [6.07, 6.45) is 0. The Balaban J connectivity index is 2.10. The van der Waals surface area contributed by atoms with E-state index < -0.39 is 0 Å². The third kappa shape index (κ3) is 1.69. The molecule has 22 heavy (non-hydrogen) atoms. The van der Waals surface area contributed by atoms with Crippen LogP contribution in [0.15, 0.2) is 66.7 Å². The van der Waals surface area contributed by atoms with Crippen molar-refractivity contribution < 1.29 is 4.39 Å². The molecular formula is C21H17F. The summed E-state index contributed by atoms with van der Waals surface area (Å²) in [7, 11) is 0. The normalized spacial score (nSPS) is 18.9. The second-order valence-corrected chi connectivity index (χ2v) is 6.23. The molecule has 0 amide bonds. The molecule has 0 heterocycles. The van der Waals surface area contributed by atoms with Crippen molar-refractivity contribution in [1.29, 1.82) is 0 Å². The van der Waals surface area contributed by atoms with E-state index in [4.69, 9.17) is 0 Å². The molecule has 3 aromatic rings. The SMILES string of the molecule is Cc1ccc2c(c1)-c1ccc(F)cc1C2(C)c1ccccc1. The average molecular weight is 288 g/mol. The summed E-state index contributed by atoms with van der Waals surface area (Å²) in [5.41, 5.74) is 6.80. The molecule has 0 nitrogen and oxygen atoms in total. The quantitative estimate of drug-likeness (QED) is 0.557. The third-order valence-corrected chi connectivity index (χ3v) is 4.88. The molecule has 0 aromatic heterocycles. The topological polar surface area (TPSA) is 0 Å². The van der Waals surface area contributed by atoms with E-state index in [9.17, 15) is 4.39 Å². The van der Waals surface area contributed by atoms with Crippen molar-refractivity contribution >= 4 is 0 Å². The fourth-order valence-electron chi connectivity index (χ4n) is 3.71. The Morgan fingerprint density at radius 3 is 2.32 bits per heavy atom. The number of halogens is 1. The number of rotatable bonds is 1. The van der Waals surface area contributed by atoms with E-state index in [-0.39, 0.29) is 11.2 Å². The van der Waals surface area contributed by atoms with Crippen LogP contribution in [0.4, 0.5) is 4.39 Å². The van der Waals surface area contributed by atoms with Crippen molar-refractivity contribution in [3.8, 4) is 11.1 Å². The van der Waals surface area contributed by atoms with Crippen molar-refractivity contribution in [3.63, 3.8) is 0 Å². The van der Waals surface area contributed by atoms with Gasteiger partial charge in [0.25, 0.3) is 0 Å². The van der Waals surface area contributed by atoms with E-state index in [1.165, 1.54) is 22.3 Å². The molecule has 0 saturated heterocycles. The van der Waals surface area contributed by atoms with Crippen molar-refractivity contribution in [2.24, 2.45) is 0 Å². The smallest absolute Gasteiger partial charge is 0.123 e. The van der Waals surface area contributed by atoms with Gasteiger partial charge in [-0.2, -0.15) is 0 Å². The maximum atomic E-state index is 13.9. The van der Waals surface area contributed by atoms with E-state index in [0.29, 0.717) is 0 Å². The molecule has 3 aromatic carbocycles. The van der Waals surface area contributed by atoms with Crippen LogP contribution in [0, 0.1) is 12.7 Å². The maximum absolute atomic E-state index is 13.9. The molecule has 108 valence electrons. The van der Waals surface area contributed by atoms with Gasteiger partial charge < -0.3 is 0 Å². The first-order valence-electron chi connectivity index (χ1n) is 7.58. The van der Waals surface area contributed by atoms with Gasteiger partial charge >= 0.3 is 0 Å². The minimum atomic E-state index is -0.304. The van der Waals surface area contributed by atoms with Crippen molar-refractivity contribution in [2.45, 2.75) is 19.3 Å². The van der Waals surface area contributed by atoms with Crippen molar-refractivity contribution in [1.82, 2.24) is 0 Å². The standard InChI is InChI=1S/C21H17F/c1-14-8-11-19-18(12-14)17-10-9-16(22)13-20(17)21(19,2)15-6-4-3-5-7-15/h3-13H,1-2H3. The van der Waals surface area contributed by atoms with Crippen LogP contribution in [0.2, 0.25) is 0 Å². The van der Waals surface area contributed by atoms with Crippen LogP contribution >= 0.6 is 0 Å². The Hall–Kier alpha value is -2.41. The lowest BCUT2D eigenvalue weighted by molar-refractivity contribution is 0.618. The van der Waals surface area contributed by atoms with Gasteiger partial charge in [-0.05, 0) is 53.8 Å². The Bertz CT molecular complexity index is 864. The Labute approximate surface area is 130 Å². The van der Waals surface area contributed by atoms with E-state index in [0.717, 1.165) is 11.1 Å². The highest BCUT2D eigenvalue weighted by Crippen LogP contribution is 2.52. The highest BCUT2D eigenvalue weighted by atomic mass is 19.1. The zero-order valence-electron chi connectivity index (χ0n) is 12.7. The third-order valence-electron chi connectivity index (χ3n) is 4.88. The van der Waals surface area contributed by atoms with Crippen molar-refractivity contribution in [3.05, 3.63) is 94.8 Å². The van der Waals surface area contributed by atoms with E-state index in [1.54, 1.807) is 12.1 Å². The molecule has 0 N–H and O–H groups in total. The summed E-state index contributed by atoms with van der Waals surface area (Å²) in [5.74, 6) is -0.176. The summed E-state index contributed by atoms with van der Waals surface area (Å²) in [4.78, 5) is 0. The van der Waals surface area contributed by atoms with Gasteiger partial charge in [-0.15, -0.1) is 0 Å². The van der Waals surface area contributed by atoms with Gasteiger partial charge in [0.1, 0.15) is 5.82 Å². The maximum Gasteiger partial charge on any atom is 0.123 e. The predicted molar refractivity (Wildman–Crippen MR) is 88.6 cm³/mol. The first-order chi connectivity index (χ1) is 10.6. The Morgan fingerprint density at radius 2 is 1.55 bits per heavy atom. The molecule has 0 radical (unpaired) electrons. The lowest BCUT2D eigenvalue weighted by atomic mass is 9.74. The molecule has 1 aliphatic carbocycles. The fraction of sp³-hybridized carbons (Fsp3) is 0.143. The molecule has 1 heteroatoms. The monoisotopic (exact) mass is 288 g/mol. The largest absolute Gasteiger partial charge is 0.207 e. The highest BCUT2D eigenvalue weighted by molar-refractivity contribution is 5.83. The molecule has 1 atom stereocenters. The summed E-state index contributed by atoms with van der Waals surface area (Å²) in [5, 5.41) is 0. The lowest BCUT2D eigenvalue weighted by Crippen LogP contribution is -2.22. The van der Waals surface area contributed by atoms with E-state index in [2.05, 4.69) is 44.2 Å². The number of hydrogen-bond acceptors (Lipinski definition) is 0. The summed E-state index contributed by atoms with van der Waals surface area (Å²) in [6.45, 7) is 4.30. The average Bonchev–Trinajstić information content (AvgIpc) is 2.78. The van der Waals surface area contributed by atoms with Gasteiger partial charge in [0, 0.05) is 5.41 Å². The van der Waals surface area contributed by atoms with Crippen LogP contribution in [-0.2, 0) is 5.41 Å². The first kappa shape index (κ1) is 13.3. The van der Waals surface area contributed by atoms with Crippen LogP contribution in [0.25, 0.3) is 11.1 Å². The second kappa shape index (κ2) is 4.54. The van der Waals surface area contributed by atoms with Gasteiger partial charge in [-0.3, -0.25) is 0 Å². The van der Waals surface area contributed by atoms with Crippen LogP contribution in [-0.4, -0.2) is 0 Å². The number of aryl methyl sites for hydroxylation is 1. The molecule has 0 bridgehead atoms. The van der Waals surface area contributed by atoms with Crippen molar-refractivity contribution in [2.75, 3.05) is 0 Å². The predicted octanol–water partition coefficient (Wildman–Crippen LogP) is 5.47. The van der Waals surface area contributed by atoms with Crippen LogP contribution in [0.3, 0.4) is 0 Å². The lowest BCUT2D eigenvalue weighted by Gasteiger charge is -2.28. The zero-order valence-corrected chi connectivity index (χ0v) is 12.7. The molecular weight excluding hydrogens is 271 g/mol. The molecule has 0 aliphatic heterocycles. The summed E-state index contributed by atoms with van der Waals surface area (Å²) < 4.78 is 13.9. The zero-order chi connectivity index (χ0) is 15.3. The molecule has 1 aliphatic rings. The number of benzene rings is 3. The molecule has 1 unspecified atom stereocenters. The molecule has 0 fully saturated rings. The van der Waals surface area contributed by atoms with Gasteiger partial charge in [0.2, 0.25) is 0 Å². The van der Waals surface area contributed by atoms with Crippen LogP contribution in [0.1, 0.15) is 29.2 Å². The molecule has 0 spiro atoms.